The van der Waals surface area contributed by atoms with Crippen molar-refractivity contribution in [2.45, 2.75) is 5.37 Å². The third kappa shape index (κ3) is 2.82. The third-order valence-corrected chi connectivity index (χ3v) is 6.40. The van der Waals surface area contributed by atoms with E-state index in [4.69, 9.17) is 11.6 Å². The first-order valence-corrected chi connectivity index (χ1v) is 9.91. The van der Waals surface area contributed by atoms with Gasteiger partial charge in [-0.2, -0.15) is 11.8 Å². The molecule has 1 aliphatic rings. The van der Waals surface area contributed by atoms with Crippen molar-refractivity contribution in [1.82, 2.24) is 10.2 Å². The van der Waals surface area contributed by atoms with Crippen LogP contribution in [0, 0.1) is 0 Å². The molecule has 2 heterocycles. The standard InChI is InChI=1S/C13H14ClN3O2S2/c1-21(18,19)11-8-20-7-6-17(11)13-10-5-3-2-4-9(10)12(14)15-16-13/h2-5,11H,6-8H2,1H3. The Kier molecular flexibility index (Phi) is 3.98. The number of halogens is 1. The van der Waals surface area contributed by atoms with Gasteiger partial charge in [-0.15, -0.1) is 10.2 Å². The molecule has 21 heavy (non-hydrogen) atoms. The van der Waals surface area contributed by atoms with Crippen LogP contribution in [0.3, 0.4) is 0 Å². The average Bonchev–Trinajstić information content (AvgIpc) is 2.47. The van der Waals surface area contributed by atoms with Crippen molar-refractivity contribution in [3.8, 4) is 0 Å². The van der Waals surface area contributed by atoms with Crippen molar-refractivity contribution in [1.29, 1.82) is 0 Å². The van der Waals surface area contributed by atoms with E-state index in [2.05, 4.69) is 10.2 Å². The number of rotatable bonds is 2. The number of nitrogens with zero attached hydrogens (tertiary/aromatic N) is 3. The number of thioether (sulfide) groups is 1. The lowest BCUT2D eigenvalue weighted by Crippen LogP contribution is -2.47. The molecule has 5 nitrogen and oxygen atoms in total. The molecule has 3 rings (SSSR count). The Bertz CT molecular complexity index is 782. The summed E-state index contributed by atoms with van der Waals surface area (Å²) in [5.41, 5.74) is 0. The Morgan fingerprint density at radius 2 is 2.00 bits per heavy atom. The van der Waals surface area contributed by atoms with Gasteiger partial charge in [0.2, 0.25) is 0 Å². The minimum atomic E-state index is -3.20. The average molecular weight is 344 g/mol. The summed E-state index contributed by atoms with van der Waals surface area (Å²) in [7, 11) is -3.20. The predicted octanol–water partition coefficient (Wildman–Crippen LogP) is 2.21. The minimum absolute atomic E-state index is 0.330. The van der Waals surface area contributed by atoms with Crippen LogP contribution in [-0.2, 0) is 9.84 Å². The summed E-state index contributed by atoms with van der Waals surface area (Å²) in [5.74, 6) is 1.99. The molecular weight excluding hydrogens is 330 g/mol. The van der Waals surface area contributed by atoms with Crippen molar-refractivity contribution < 1.29 is 8.42 Å². The van der Waals surface area contributed by atoms with Crippen LogP contribution >= 0.6 is 23.4 Å². The number of fused-ring (bicyclic) bond motifs is 1. The molecule has 1 aromatic carbocycles. The summed E-state index contributed by atoms with van der Waals surface area (Å²) < 4.78 is 24.1. The van der Waals surface area contributed by atoms with E-state index in [-0.39, 0.29) is 0 Å². The molecule has 0 aliphatic carbocycles. The summed E-state index contributed by atoms with van der Waals surface area (Å²) in [6.07, 6.45) is 1.27. The quantitative estimate of drug-likeness (QED) is 0.833. The van der Waals surface area contributed by atoms with Crippen molar-refractivity contribution in [2.24, 2.45) is 0 Å². The Morgan fingerprint density at radius 1 is 1.29 bits per heavy atom. The molecule has 1 aromatic heterocycles. The number of hydrogen-bond acceptors (Lipinski definition) is 6. The predicted molar refractivity (Wildman–Crippen MR) is 87.9 cm³/mol. The zero-order valence-electron chi connectivity index (χ0n) is 11.4. The highest BCUT2D eigenvalue weighted by atomic mass is 35.5. The number of anilines is 1. The van der Waals surface area contributed by atoms with E-state index >= 15 is 0 Å². The molecule has 1 saturated heterocycles. The van der Waals surface area contributed by atoms with Gasteiger partial charge in [0.1, 0.15) is 5.37 Å². The summed E-state index contributed by atoms with van der Waals surface area (Å²) in [6.45, 7) is 0.628. The highest BCUT2D eigenvalue weighted by Crippen LogP contribution is 2.32. The maximum atomic E-state index is 12.0. The fourth-order valence-corrected chi connectivity index (χ4v) is 5.47. The molecule has 0 spiro atoms. The van der Waals surface area contributed by atoms with E-state index < -0.39 is 15.2 Å². The Labute approximate surface area is 132 Å². The summed E-state index contributed by atoms with van der Waals surface area (Å²) in [5, 5.41) is 9.51. The van der Waals surface area contributed by atoms with Gasteiger partial charge < -0.3 is 4.90 Å². The molecule has 1 aliphatic heterocycles. The normalized spacial score (nSPS) is 19.9. The van der Waals surface area contributed by atoms with Gasteiger partial charge >= 0.3 is 0 Å². The Morgan fingerprint density at radius 3 is 2.71 bits per heavy atom. The first-order valence-electron chi connectivity index (χ1n) is 6.42. The van der Waals surface area contributed by atoms with E-state index in [0.717, 1.165) is 16.5 Å². The lowest BCUT2D eigenvalue weighted by atomic mass is 10.2. The Balaban J connectivity index is 2.17. The number of aromatic nitrogens is 2. The fraction of sp³-hybridized carbons (Fsp3) is 0.385. The zero-order valence-corrected chi connectivity index (χ0v) is 13.7. The second kappa shape index (κ2) is 5.62. The summed E-state index contributed by atoms with van der Waals surface area (Å²) in [6, 6.07) is 7.52. The molecule has 0 N–H and O–H groups in total. The maximum Gasteiger partial charge on any atom is 0.169 e. The molecule has 2 aromatic rings. The van der Waals surface area contributed by atoms with Gasteiger partial charge in [0, 0.05) is 35.1 Å². The van der Waals surface area contributed by atoms with Crippen LogP contribution in [0.25, 0.3) is 10.8 Å². The number of benzene rings is 1. The Hall–Kier alpha value is -1.05. The molecular formula is C13H14ClN3O2S2. The van der Waals surface area contributed by atoms with Gasteiger partial charge in [-0.3, -0.25) is 0 Å². The number of sulfone groups is 1. The highest BCUT2D eigenvalue weighted by molar-refractivity contribution is 8.01. The second-order valence-electron chi connectivity index (χ2n) is 4.91. The summed E-state index contributed by atoms with van der Waals surface area (Å²) >= 11 is 7.72. The SMILES string of the molecule is CS(=O)(=O)C1CSCCN1c1nnc(Cl)c2ccccc12. The lowest BCUT2D eigenvalue weighted by molar-refractivity contribution is 0.583. The van der Waals surface area contributed by atoms with Crippen molar-refractivity contribution >= 4 is 49.8 Å². The van der Waals surface area contributed by atoms with Crippen LogP contribution in [0.15, 0.2) is 24.3 Å². The van der Waals surface area contributed by atoms with Gasteiger partial charge in [0.25, 0.3) is 0 Å². The molecule has 1 unspecified atom stereocenters. The number of hydrogen-bond donors (Lipinski definition) is 0. The van der Waals surface area contributed by atoms with Gasteiger partial charge in [-0.1, -0.05) is 35.9 Å². The van der Waals surface area contributed by atoms with Crippen LogP contribution in [0.4, 0.5) is 5.82 Å². The second-order valence-corrected chi connectivity index (χ2v) is 8.62. The van der Waals surface area contributed by atoms with Crippen LogP contribution in [0.2, 0.25) is 5.15 Å². The minimum Gasteiger partial charge on any atom is -0.336 e. The van der Waals surface area contributed by atoms with Crippen LogP contribution in [0.5, 0.6) is 0 Å². The van der Waals surface area contributed by atoms with Crippen molar-refractivity contribution in [3.63, 3.8) is 0 Å². The first-order chi connectivity index (χ1) is 9.98. The topological polar surface area (TPSA) is 63.2 Å². The van der Waals surface area contributed by atoms with E-state index in [9.17, 15) is 8.42 Å². The van der Waals surface area contributed by atoms with E-state index in [1.165, 1.54) is 6.26 Å². The monoisotopic (exact) mass is 343 g/mol. The van der Waals surface area contributed by atoms with Crippen LogP contribution in [-0.4, -0.2) is 48.3 Å². The van der Waals surface area contributed by atoms with E-state index in [1.54, 1.807) is 11.8 Å². The maximum absolute atomic E-state index is 12.0. The molecule has 112 valence electrons. The molecule has 0 amide bonds. The van der Waals surface area contributed by atoms with Gasteiger partial charge in [0.15, 0.2) is 20.8 Å². The van der Waals surface area contributed by atoms with Crippen LogP contribution in [0.1, 0.15) is 0 Å². The smallest absolute Gasteiger partial charge is 0.169 e. The zero-order chi connectivity index (χ0) is 15.0. The van der Waals surface area contributed by atoms with Crippen molar-refractivity contribution in [2.75, 3.05) is 29.2 Å². The third-order valence-electron chi connectivity index (χ3n) is 3.47. The van der Waals surface area contributed by atoms with Crippen LogP contribution < -0.4 is 4.90 Å². The first kappa shape index (κ1) is 14.9. The van der Waals surface area contributed by atoms with Gasteiger partial charge in [-0.05, 0) is 0 Å². The lowest BCUT2D eigenvalue weighted by Gasteiger charge is -2.35. The molecule has 0 radical (unpaired) electrons. The molecule has 0 bridgehead atoms. The largest absolute Gasteiger partial charge is 0.336 e. The molecule has 1 atom stereocenters. The fourth-order valence-electron chi connectivity index (χ4n) is 2.45. The van der Waals surface area contributed by atoms with Gasteiger partial charge in [-0.25, -0.2) is 8.42 Å². The molecule has 8 heteroatoms. The summed E-state index contributed by atoms with van der Waals surface area (Å²) in [4.78, 5) is 1.83. The van der Waals surface area contributed by atoms with Crippen molar-refractivity contribution in [3.05, 3.63) is 29.4 Å². The molecule has 0 saturated carbocycles. The van der Waals surface area contributed by atoms with Gasteiger partial charge in [0.05, 0.1) is 0 Å². The van der Waals surface area contributed by atoms with E-state index in [1.807, 2.05) is 29.2 Å². The highest BCUT2D eigenvalue weighted by Gasteiger charge is 2.33. The molecule has 1 fully saturated rings. The van der Waals surface area contributed by atoms with E-state index in [0.29, 0.717) is 23.3 Å².